The van der Waals surface area contributed by atoms with Crippen LogP contribution in [0.25, 0.3) is 11.1 Å². The summed E-state index contributed by atoms with van der Waals surface area (Å²) in [6, 6.07) is 6.42. The largest absolute Gasteiger partial charge is 0.439 e. The monoisotopic (exact) mass is 345 g/mol. The predicted molar refractivity (Wildman–Crippen MR) is 102 cm³/mol. The summed E-state index contributed by atoms with van der Waals surface area (Å²) < 4.78 is 5.84. The van der Waals surface area contributed by atoms with Gasteiger partial charge in [0.2, 0.25) is 11.8 Å². The zero-order valence-electron chi connectivity index (χ0n) is 16.5. The van der Waals surface area contributed by atoms with E-state index in [2.05, 4.69) is 55.4 Å². The topological polar surface area (TPSA) is 67.2 Å². The van der Waals surface area contributed by atoms with Crippen molar-refractivity contribution in [3.05, 3.63) is 29.7 Å². The van der Waals surface area contributed by atoms with E-state index < -0.39 is 0 Å². The lowest BCUT2D eigenvalue weighted by atomic mass is 9.87. The minimum absolute atomic E-state index is 0.00852. The molecule has 1 atom stereocenters. The zero-order chi connectivity index (χ0) is 18.8. The second-order valence-electron chi connectivity index (χ2n) is 8.59. The summed E-state index contributed by atoms with van der Waals surface area (Å²) in [7, 11) is 0. The van der Waals surface area contributed by atoms with Crippen LogP contribution in [-0.2, 0) is 16.8 Å². The third-order valence-corrected chi connectivity index (χ3v) is 4.23. The highest BCUT2D eigenvalue weighted by atomic mass is 16.3. The van der Waals surface area contributed by atoms with E-state index in [1.165, 1.54) is 5.56 Å². The van der Waals surface area contributed by atoms with Crippen LogP contribution in [0.1, 0.15) is 66.3 Å². The number of amides is 1. The molecule has 0 saturated heterocycles. The molecule has 1 unspecified atom stereocenters. The molecule has 1 aromatic carbocycles. The molecule has 2 rings (SSSR count). The number of hydrogen-bond acceptors (Lipinski definition) is 4. The van der Waals surface area contributed by atoms with E-state index in [0.29, 0.717) is 12.4 Å². The number of carbonyl (C=O) groups is 1. The fourth-order valence-corrected chi connectivity index (χ4v) is 3.14. The maximum absolute atomic E-state index is 11.3. The molecule has 5 heteroatoms. The number of hydrogen-bond donors (Lipinski definition) is 2. The van der Waals surface area contributed by atoms with Crippen LogP contribution in [-0.4, -0.2) is 22.5 Å². The Labute approximate surface area is 150 Å². The minimum Gasteiger partial charge on any atom is -0.439 e. The quantitative estimate of drug-likeness (QED) is 0.833. The molecule has 138 valence electrons. The molecular weight excluding hydrogens is 314 g/mol. The molecular formula is C20H31N3O2. The fourth-order valence-electron chi connectivity index (χ4n) is 3.14. The molecule has 0 aliphatic carbocycles. The number of nitrogens with one attached hydrogen (secondary N) is 2. The Kier molecular flexibility index (Phi) is 5.57. The minimum atomic E-state index is -0.249. The Balaban J connectivity index is 2.00. The molecule has 0 bridgehead atoms. The van der Waals surface area contributed by atoms with Crippen molar-refractivity contribution in [2.75, 3.05) is 0 Å². The Morgan fingerprint density at radius 1 is 1.24 bits per heavy atom. The van der Waals surface area contributed by atoms with Crippen LogP contribution in [0.2, 0.25) is 0 Å². The van der Waals surface area contributed by atoms with Gasteiger partial charge in [0, 0.05) is 18.5 Å². The van der Waals surface area contributed by atoms with Crippen molar-refractivity contribution in [3.8, 4) is 0 Å². The van der Waals surface area contributed by atoms with E-state index in [4.69, 9.17) is 4.42 Å². The van der Waals surface area contributed by atoms with Crippen molar-refractivity contribution >= 4 is 17.0 Å². The first kappa shape index (κ1) is 19.4. The molecule has 5 nitrogen and oxygen atoms in total. The lowest BCUT2D eigenvalue weighted by Crippen LogP contribution is -2.46. The first-order chi connectivity index (χ1) is 11.5. The van der Waals surface area contributed by atoms with E-state index in [0.717, 1.165) is 17.5 Å². The maximum atomic E-state index is 11.3. The molecule has 2 N–H and O–H groups in total. The lowest BCUT2D eigenvalue weighted by molar-refractivity contribution is -0.120. The molecule has 0 saturated carbocycles. The van der Waals surface area contributed by atoms with Gasteiger partial charge < -0.3 is 15.1 Å². The van der Waals surface area contributed by atoms with Gasteiger partial charge in [-0.1, -0.05) is 26.8 Å². The van der Waals surface area contributed by atoms with E-state index in [1.807, 2.05) is 19.9 Å². The number of carbonyl (C=O) groups excluding carboxylic acids is 1. The molecule has 1 aromatic heterocycles. The molecule has 25 heavy (non-hydrogen) atoms. The van der Waals surface area contributed by atoms with E-state index >= 15 is 0 Å². The Hall–Kier alpha value is -1.88. The molecule has 0 radical (unpaired) electrons. The summed E-state index contributed by atoms with van der Waals surface area (Å²) in [5.74, 6) is 0.677. The highest BCUT2D eigenvalue weighted by Crippen LogP contribution is 2.26. The van der Waals surface area contributed by atoms with Gasteiger partial charge in [0.25, 0.3) is 0 Å². The maximum Gasteiger partial charge on any atom is 0.217 e. The van der Waals surface area contributed by atoms with Gasteiger partial charge in [-0.15, -0.1) is 0 Å². The van der Waals surface area contributed by atoms with Gasteiger partial charge in [-0.25, -0.2) is 4.98 Å². The van der Waals surface area contributed by atoms with Crippen molar-refractivity contribution < 1.29 is 9.21 Å². The van der Waals surface area contributed by atoms with Crippen LogP contribution in [0.3, 0.4) is 0 Å². The van der Waals surface area contributed by atoms with Gasteiger partial charge in [-0.05, 0) is 50.3 Å². The van der Waals surface area contributed by atoms with Crippen molar-refractivity contribution in [1.29, 1.82) is 0 Å². The zero-order valence-corrected chi connectivity index (χ0v) is 16.5. The highest BCUT2D eigenvalue weighted by molar-refractivity contribution is 5.74. The van der Waals surface area contributed by atoms with Gasteiger partial charge in [-0.2, -0.15) is 0 Å². The molecule has 1 heterocycles. The van der Waals surface area contributed by atoms with Crippen molar-refractivity contribution in [2.45, 2.75) is 78.4 Å². The van der Waals surface area contributed by atoms with E-state index in [1.54, 1.807) is 6.92 Å². The smallest absolute Gasteiger partial charge is 0.217 e. The molecule has 1 amide bonds. The van der Waals surface area contributed by atoms with Gasteiger partial charge in [-0.3, -0.25) is 4.79 Å². The summed E-state index contributed by atoms with van der Waals surface area (Å²) in [4.78, 5) is 15.9. The van der Waals surface area contributed by atoms with Gasteiger partial charge in [0.05, 0.1) is 6.54 Å². The molecule has 0 aliphatic heterocycles. The van der Waals surface area contributed by atoms with Crippen molar-refractivity contribution in [2.24, 2.45) is 0 Å². The number of nitrogens with zero attached hydrogens (tertiary/aromatic N) is 1. The third-order valence-electron chi connectivity index (χ3n) is 4.23. The molecule has 0 spiro atoms. The van der Waals surface area contributed by atoms with Gasteiger partial charge in [0.15, 0.2) is 5.58 Å². The second kappa shape index (κ2) is 7.16. The SMILES string of the molecule is CC(=O)NC(C)(C)CC(C)NCc1nc2cc(C(C)(C)C)ccc2o1. The lowest BCUT2D eigenvalue weighted by Gasteiger charge is -2.29. The van der Waals surface area contributed by atoms with Crippen LogP contribution in [0.15, 0.2) is 22.6 Å². The summed E-state index contributed by atoms with van der Waals surface area (Å²) in [6.45, 7) is 14.8. The first-order valence-corrected chi connectivity index (χ1v) is 8.88. The van der Waals surface area contributed by atoms with Crippen LogP contribution in [0, 0.1) is 0 Å². The van der Waals surface area contributed by atoms with Crippen LogP contribution < -0.4 is 10.6 Å². The van der Waals surface area contributed by atoms with Gasteiger partial charge in [0.1, 0.15) is 5.52 Å². The van der Waals surface area contributed by atoms with Crippen LogP contribution in [0.4, 0.5) is 0 Å². The standard InChI is InChI=1S/C20H31N3O2/c1-13(11-20(6,7)23-14(2)24)21-12-18-22-16-10-15(19(3,4)5)8-9-17(16)25-18/h8-10,13,21H,11-12H2,1-7H3,(H,23,24). The number of benzene rings is 1. The normalized spacial score (nSPS) is 13.9. The Morgan fingerprint density at radius 2 is 1.92 bits per heavy atom. The number of oxazole rings is 1. The van der Waals surface area contributed by atoms with E-state index in [9.17, 15) is 4.79 Å². The van der Waals surface area contributed by atoms with Crippen molar-refractivity contribution in [1.82, 2.24) is 15.6 Å². The highest BCUT2D eigenvalue weighted by Gasteiger charge is 2.22. The second-order valence-corrected chi connectivity index (χ2v) is 8.59. The fraction of sp³-hybridized carbons (Fsp3) is 0.600. The first-order valence-electron chi connectivity index (χ1n) is 8.88. The summed E-state index contributed by atoms with van der Waals surface area (Å²) >= 11 is 0. The van der Waals surface area contributed by atoms with E-state index in [-0.39, 0.29) is 22.9 Å². The Morgan fingerprint density at radius 3 is 2.52 bits per heavy atom. The third kappa shape index (κ3) is 5.56. The number of fused-ring (bicyclic) bond motifs is 1. The summed E-state index contributed by atoms with van der Waals surface area (Å²) in [5.41, 5.74) is 2.81. The predicted octanol–water partition coefficient (Wildman–Crippen LogP) is 3.91. The average Bonchev–Trinajstić information content (AvgIpc) is 2.83. The number of rotatable bonds is 6. The summed E-state index contributed by atoms with van der Waals surface area (Å²) in [5, 5.41) is 6.40. The summed E-state index contributed by atoms with van der Waals surface area (Å²) in [6.07, 6.45) is 0.820. The van der Waals surface area contributed by atoms with Crippen LogP contribution >= 0.6 is 0 Å². The number of aromatic nitrogens is 1. The molecule has 0 fully saturated rings. The molecule has 2 aromatic rings. The average molecular weight is 345 g/mol. The van der Waals surface area contributed by atoms with Crippen LogP contribution in [0.5, 0.6) is 0 Å². The van der Waals surface area contributed by atoms with Crippen molar-refractivity contribution in [3.63, 3.8) is 0 Å². The Bertz CT molecular complexity index is 741. The van der Waals surface area contributed by atoms with Gasteiger partial charge >= 0.3 is 0 Å². The molecule has 0 aliphatic rings.